The molecule has 0 aliphatic heterocycles. The van der Waals surface area contributed by atoms with Crippen LogP contribution in [0, 0.1) is 18.2 Å². The van der Waals surface area contributed by atoms with E-state index < -0.39 is 10.0 Å². The van der Waals surface area contributed by atoms with Gasteiger partial charge in [0.2, 0.25) is 10.0 Å². The maximum Gasteiger partial charge on any atom is 0.240 e. The number of halogens is 1. The maximum atomic E-state index is 13.9. The topological polar surface area (TPSA) is 58.2 Å². The second kappa shape index (κ2) is 6.85. The molecule has 6 heteroatoms. The quantitative estimate of drug-likeness (QED) is 0.813. The largest absolute Gasteiger partial charge is 0.316 e. The van der Waals surface area contributed by atoms with E-state index in [1.54, 1.807) is 14.0 Å². The van der Waals surface area contributed by atoms with Crippen LogP contribution in [0.5, 0.6) is 0 Å². The summed E-state index contributed by atoms with van der Waals surface area (Å²) in [6, 6.07) is 2.76. The molecule has 0 aliphatic carbocycles. The molecule has 4 nitrogen and oxygen atoms in total. The van der Waals surface area contributed by atoms with Crippen LogP contribution in [0.2, 0.25) is 0 Å². The molecule has 0 amide bonds. The van der Waals surface area contributed by atoms with Gasteiger partial charge in [0.25, 0.3) is 0 Å². The highest BCUT2D eigenvalue weighted by molar-refractivity contribution is 7.89. The molecule has 0 heterocycles. The third-order valence-electron chi connectivity index (χ3n) is 3.68. The van der Waals surface area contributed by atoms with Gasteiger partial charge in [0.15, 0.2) is 0 Å². The molecule has 1 aromatic carbocycles. The maximum absolute atomic E-state index is 13.9. The monoisotopic (exact) mass is 316 g/mol. The predicted molar refractivity (Wildman–Crippen MR) is 83.2 cm³/mol. The van der Waals surface area contributed by atoms with Crippen molar-refractivity contribution in [1.82, 2.24) is 10.0 Å². The first-order chi connectivity index (χ1) is 9.63. The molecule has 0 unspecified atom stereocenters. The summed E-state index contributed by atoms with van der Waals surface area (Å²) >= 11 is 0. The lowest BCUT2D eigenvalue weighted by atomic mass is 9.91. The van der Waals surface area contributed by atoms with Crippen LogP contribution in [0.1, 0.15) is 38.3 Å². The number of sulfonamides is 1. The standard InChI is InChI=1S/C15H25FN2O2S/c1-6-15(3,4)10-18-21(19,20)13-7-11(2)14(16)12(8-13)9-17-5/h7-8,17-18H,6,9-10H2,1-5H3. The number of hydrogen-bond donors (Lipinski definition) is 2. The molecule has 0 saturated carbocycles. The van der Waals surface area contributed by atoms with Gasteiger partial charge in [-0.25, -0.2) is 17.5 Å². The van der Waals surface area contributed by atoms with Gasteiger partial charge in [-0.05, 0) is 43.5 Å². The van der Waals surface area contributed by atoms with Gasteiger partial charge < -0.3 is 5.32 Å². The fraction of sp³-hybridized carbons (Fsp3) is 0.600. The summed E-state index contributed by atoms with van der Waals surface area (Å²) in [5, 5.41) is 2.84. The van der Waals surface area contributed by atoms with Crippen LogP contribution < -0.4 is 10.0 Å². The van der Waals surface area contributed by atoms with E-state index in [1.807, 2.05) is 20.8 Å². The Hall–Kier alpha value is -0.980. The normalized spacial score (nSPS) is 12.7. The molecule has 120 valence electrons. The van der Waals surface area contributed by atoms with Crippen molar-refractivity contribution in [3.8, 4) is 0 Å². The molecule has 0 saturated heterocycles. The summed E-state index contributed by atoms with van der Waals surface area (Å²) in [4.78, 5) is 0.110. The minimum absolute atomic E-state index is 0.110. The Morgan fingerprint density at radius 1 is 1.29 bits per heavy atom. The second-order valence-electron chi connectivity index (χ2n) is 6.09. The predicted octanol–water partition coefficient (Wildman–Crippen LogP) is 2.57. The first kappa shape index (κ1) is 18.1. The smallest absolute Gasteiger partial charge is 0.240 e. The van der Waals surface area contributed by atoms with Crippen LogP contribution in [-0.2, 0) is 16.6 Å². The molecule has 0 spiro atoms. The van der Waals surface area contributed by atoms with Crippen LogP contribution >= 0.6 is 0 Å². The molecule has 0 aliphatic rings. The Labute approximate surface area is 127 Å². The van der Waals surface area contributed by atoms with E-state index in [0.29, 0.717) is 17.7 Å². The van der Waals surface area contributed by atoms with Crippen molar-refractivity contribution >= 4 is 10.0 Å². The number of nitrogens with one attached hydrogen (secondary N) is 2. The summed E-state index contributed by atoms with van der Waals surface area (Å²) in [6.07, 6.45) is 0.864. The fourth-order valence-corrected chi connectivity index (χ4v) is 3.16. The lowest BCUT2D eigenvalue weighted by Gasteiger charge is -2.23. The summed E-state index contributed by atoms with van der Waals surface area (Å²) in [7, 11) is -1.94. The van der Waals surface area contributed by atoms with Crippen LogP contribution in [0.3, 0.4) is 0 Å². The summed E-state index contributed by atoms with van der Waals surface area (Å²) < 4.78 is 41.3. The molecule has 0 aromatic heterocycles. The number of rotatable bonds is 7. The molecule has 0 fully saturated rings. The Bertz CT molecular complexity index is 598. The van der Waals surface area contributed by atoms with E-state index in [0.717, 1.165) is 6.42 Å². The Kier molecular flexibility index (Phi) is 5.90. The van der Waals surface area contributed by atoms with Gasteiger partial charge in [0, 0.05) is 18.7 Å². The third kappa shape index (κ3) is 4.76. The Morgan fingerprint density at radius 3 is 2.43 bits per heavy atom. The molecule has 2 N–H and O–H groups in total. The van der Waals surface area contributed by atoms with E-state index in [9.17, 15) is 12.8 Å². The molecule has 1 rings (SSSR count). The van der Waals surface area contributed by atoms with Crippen LogP contribution in [0.15, 0.2) is 17.0 Å². The van der Waals surface area contributed by atoms with Gasteiger partial charge in [-0.3, -0.25) is 0 Å². The lowest BCUT2D eigenvalue weighted by molar-refractivity contribution is 0.350. The molecule has 0 bridgehead atoms. The minimum Gasteiger partial charge on any atom is -0.316 e. The zero-order valence-electron chi connectivity index (χ0n) is 13.4. The van der Waals surface area contributed by atoms with E-state index in [1.165, 1.54) is 12.1 Å². The van der Waals surface area contributed by atoms with Gasteiger partial charge in [0.05, 0.1) is 4.90 Å². The summed E-state index contributed by atoms with van der Waals surface area (Å²) in [5.41, 5.74) is 0.571. The van der Waals surface area contributed by atoms with Crippen molar-refractivity contribution in [1.29, 1.82) is 0 Å². The molecule has 0 radical (unpaired) electrons. The van der Waals surface area contributed by atoms with E-state index in [-0.39, 0.29) is 22.7 Å². The van der Waals surface area contributed by atoms with Crippen LogP contribution in [-0.4, -0.2) is 22.0 Å². The molecule has 1 aromatic rings. The van der Waals surface area contributed by atoms with E-state index >= 15 is 0 Å². The van der Waals surface area contributed by atoms with Crippen molar-refractivity contribution in [3.05, 3.63) is 29.1 Å². The Morgan fingerprint density at radius 2 is 1.90 bits per heavy atom. The van der Waals surface area contributed by atoms with E-state index in [2.05, 4.69) is 10.0 Å². The third-order valence-corrected chi connectivity index (χ3v) is 5.06. The first-order valence-corrected chi connectivity index (χ1v) is 8.54. The van der Waals surface area contributed by atoms with Gasteiger partial charge >= 0.3 is 0 Å². The fourth-order valence-electron chi connectivity index (χ4n) is 1.78. The van der Waals surface area contributed by atoms with Crippen molar-refractivity contribution in [2.24, 2.45) is 5.41 Å². The zero-order valence-corrected chi connectivity index (χ0v) is 14.2. The van der Waals surface area contributed by atoms with Crippen LogP contribution in [0.25, 0.3) is 0 Å². The summed E-state index contributed by atoms with van der Waals surface area (Å²) in [5.74, 6) is -0.364. The average molecular weight is 316 g/mol. The molecule has 0 atom stereocenters. The molecule has 21 heavy (non-hydrogen) atoms. The average Bonchev–Trinajstić information content (AvgIpc) is 2.42. The van der Waals surface area contributed by atoms with Crippen molar-refractivity contribution in [2.75, 3.05) is 13.6 Å². The van der Waals surface area contributed by atoms with E-state index in [4.69, 9.17) is 0 Å². The second-order valence-corrected chi connectivity index (χ2v) is 7.85. The van der Waals surface area contributed by atoms with Crippen molar-refractivity contribution in [2.45, 2.75) is 45.6 Å². The van der Waals surface area contributed by atoms with Gasteiger partial charge in [-0.15, -0.1) is 0 Å². The van der Waals surface area contributed by atoms with Crippen LogP contribution in [0.4, 0.5) is 4.39 Å². The SMILES string of the molecule is CCC(C)(C)CNS(=O)(=O)c1cc(C)c(F)c(CNC)c1. The highest BCUT2D eigenvalue weighted by Crippen LogP contribution is 2.22. The number of aryl methyl sites for hydroxylation is 1. The first-order valence-electron chi connectivity index (χ1n) is 7.06. The Balaban J connectivity index is 3.09. The number of hydrogen-bond acceptors (Lipinski definition) is 3. The molecular formula is C15H25FN2O2S. The highest BCUT2D eigenvalue weighted by atomic mass is 32.2. The van der Waals surface area contributed by atoms with Gasteiger partial charge in [-0.2, -0.15) is 0 Å². The number of benzene rings is 1. The lowest BCUT2D eigenvalue weighted by Crippen LogP contribution is -2.33. The highest BCUT2D eigenvalue weighted by Gasteiger charge is 2.22. The van der Waals surface area contributed by atoms with Crippen molar-refractivity contribution < 1.29 is 12.8 Å². The van der Waals surface area contributed by atoms with Crippen molar-refractivity contribution in [3.63, 3.8) is 0 Å². The molecular weight excluding hydrogens is 291 g/mol. The van der Waals surface area contributed by atoms with Gasteiger partial charge in [-0.1, -0.05) is 20.8 Å². The zero-order chi connectivity index (χ0) is 16.3. The minimum atomic E-state index is -3.63. The van der Waals surface area contributed by atoms with Gasteiger partial charge in [0.1, 0.15) is 5.82 Å². The summed E-state index contributed by atoms with van der Waals surface area (Å²) in [6.45, 7) is 8.22.